The van der Waals surface area contributed by atoms with Crippen LogP contribution in [0.25, 0.3) is 0 Å². The minimum absolute atomic E-state index is 0.105. The van der Waals surface area contributed by atoms with Crippen molar-refractivity contribution in [2.24, 2.45) is 5.92 Å². The third-order valence-electron chi connectivity index (χ3n) is 3.89. The molecule has 2 aliphatic rings. The van der Waals surface area contributed by atoms with Gasteiger partial charge in [0.25, 0.3) is 0 Å². The first kappa shape index (κ1) is 11.4. The van der Waals surface area contributed by atoms with Crippen LogP contribution in [-0.4, -0.2) is 35.0 Å². The third kappa shape index (κ3) is 1.93. The molecule has 0 saturated carbocycles. The van der Waals surface area contributed by atoms with E-state index in [0.29, 0.717) is 6.54 Å². The molecule has 0 amide bonds. The predicted molar refractivity (Wildman–Crippen MR) is 59.8 cm³/mol. The van der Waals surface area contributed by atoms with Gasteiger partial charge in [0.05, 0.1) is 16.8 Å². The molecule has 2 heterocycles. The van der Waals surface area contributed by atoms with Crippen molar-refractivity contribution in [3.63, 3.8) is 0 Å². The highest BCUT2D eigenvalue weighted by molar-refractivity contribution is 5.06. The van der Waals surface area contributed by atoms with Crippen molar-refractivity contribution in [1.82, 2.24) is 5.32 Å². The van der Waals surface area contributed by atoms with Gasteiger partial charge in [-0.3, -0.25) is 0 Å². The molecule has 2 rings (SSSR count). The van der Waals surface area contributed by atoms with Gasteiger partial charge in [0.1, 0.15) is 0 Å². The van der Waals surface area contributed by atoms with Crippen molar-refractivity contribution in [1.29, 1.82) is 0 Å². The lowest BCUT2D eigenvalue weighted by molar-refractivity contribution is -0.107. The van der Waals surface area contributed by atoms with Gasteiger partial charge in [-0.15, -0.1) is 0 Å². The zero-order valence-corrected chi connectivity index (χ0v) is 10.3. The first-order chi connectivity index (χ1) is 6.75. The number of rotatable bonds is 1. The second-order valence-corrected chi connectivity index (χ2v) is 6.25. The van der Waals surface area contributed by atoms with Gasteiger partial charge in [0.2, 0.25) is 0 Å². The van der Waals surface area contributed by atoms with Crippen molar-refractivity contribution in [3.8, 4) is 0 Å². The fraction of sp³-hybridized carbons (Fsp3) is 1.00. The van der Waals surface area contributed by atoms with E-state index in [0.717, 1.165) is 19.4 Å². The fourth-order valence-corrected chi connectivity index (χ4v) is 3.39. The van der Waals surface area contributed by atoms with E-state index in [-0.39, 0.29) is 17.1 Å². The van der Waals surface area contributed by atoms with Gasteiger partial charge < -0.3 is 15.2 Å². The minimum atomic E-state index is -0.572. The van der Waals surface area contributed by atoms with Crippen molar-refractivity contribution in [3.05, 3.63) is 0 Å². The molecule has 15 heavy (non-hydrogen) atoms. The van der Waals surface area contributed by atoms with E-state index >= 15 is 0 Å². The molecule has 2 N–H and O–H groups in total. The van der Waals surface area contributed by atoms with Gasteiger partial charge in [-0.05, 0) is 47.1 Å². The molecule has 0 aromatic carbocycles. The summed E-state index contributed by atoms with van der Waals surface area (Å²) in [6.45, 7) is 10.1. The Labute approximate surface area is 92.2 Å². The van der Waals surface area contributed by atoms with Crippen LogP contribution in [0.5, 0.6) is 0 Å². The Balaban J connectivity index is 2.22. The van der Waals surface area contributed by atoms with Crippen LogP contribution in [0.1, 0.15) is 40.5 Å². The summed E-state index contributed by atoms with van der Waals surface area (Å²) in [6, 6.07) is 0. The summed E-state index contributed by atoms with van der Waals surface area (Å²) in [5.41, 5.74) is -0.895. The van der Waals surface area contributed by atoms with Gasteiger partial charge in [-0.1, -0.05) is 0 Å². The second kappa shape index (κ2) is 3.19. The largest absolute Gasteiger partial charge is 0.388 e. The van der Waals surface area contributed by atoms with Crippen LogP contribution in [0.3, 0.4) is 0 Å². The molecule has 0 aliphatic carbocycles. The third-order valence-corrected chi connectivity index (χ3v) is 3.89. The van der Waals surface area contributed by atoms with Crippen molar-refractivity contribution >= 4 is 0 Å². The Morgan fingerprint density at radius 2 is 1.93 bits per heavy atom. The Morgan fingerprint density at radius 3 is 2.33 bits per heavy atom. The highest BCUT2D eigenvalue weighted by Crippen LogP contribution is 2.48. The number of aliphatic hydroxyl groups is 1. The molecular weight excluding hydrogens is 190 g/mol. The summed E-state index contributed by atoms with van der Waals surface area (Å²) in [5, 5.41) is 13.9. The van der Waals surface area contributed by atoms with Crippen molar-refractivity contribution in [2.45, 2.75) is 57.3 Å². The van der Waals surface area contributed by atoms with Crippen LogP contribution in [-0.2, 0) is 4.74 Å². The first-order valence-corrected chi connectivity index (χ1v) is 5.89. The van der Waals surface area contributed by atoms with Crippen LogP contribution in [0.2, 0.25) is 0 Å². The van der Waals surface area contributed by atoms with Gasteiger partial charge in [0, 0.05) is 12.5 Å². The highest BCUT2D eigenvalue weighted by atomic mass is 16.5. The lowest BCUT2D eigenvalue weighted by Crippen LogP contribution is -2.48. The van der Waals surface area contributed by atoms with Gasteiger partial charge in [-0.2, -0.15) is 0 Å². The molecule has 0 radical (unpaired) electrons. The summed E-state index contributed by atoms with van der Waals surface area (Å²) >= 11 is 0. The highest BCUT2D eigenvalue weighted by Gasteiger charge is 2.55. The first-order valence-electron chi connectivity index (χ1n) is 5.89. The minimum Gasteiger partial charge on any atom is -0.388 e. The number of ether oxygens (including phenoxy) is 1. The standard InChI is InChI=1S/C12H23NO2/c1-10(2)7-9(11(3,4)15-10)12(14)5-6-13-8-12/h9,13-14H,5-8H2,1-4H3. The van der Waals surface area contributed by atoms with E-state index in [1.807, 2.05) is 0 Å². The average Bonchev–Trinajstić information content (AvgIpc) is 2.54. The molecule has 2 saturated heterocycles. The molecule has 2 unspecified atom stereocenters. The Morgan fingerprint density at radius 1 is 1.27 bits per heavy atom. The maximum atomic E-state index is 10.6. The topological polar surface area (TPSA) is 41.5 Å². The Bertz CT molecular complexity index is 254. The maximum absolute atomic E-state index is 10.6. The molecular formula is C12H23NO2. The second-order valence-electron chi connectivity index (χ2n) is 6.25. The smallest absolute Gasteiger partial charge is 0.0839 e. The van der Waals surface area contributed by atoms with Crippen molar-refractivity contribution in [2.75, 3.05) is 13.1 Å². The molecule has 3 nitrogen and oxygen atoms in total. The molecule has 0 aromatic rings. The molecule has 2 atom stereocenters. The Kier molecular flexibility index (Phi) is 2.42. The monoisotopic (exact) mass is 213 g/mol. The molecule has 3 heteroatoms. The summed E-state index contributed by atoms with van der Waals surface area (Å²) in [5.74, 6) is 0.231. The van der Waals surface area contributed by atoms with Gasteiger partial charge >= 0.3 is 0 Å². The zero-order chi connectivity index (χ0) is 11.3. The molecule has 0 aromatic heterocycles. The molecule has 0 bridgehead atoms. The van der Waals surface area contributed by atoms with Crippen LogP contribution in [0, 0.1) is 5.92 Å². The van der Waals surface area contributed by atoms with Crippen LogP contribution < -0.4 is 5.32 Å². The van der Waals surface area contributed by atoms with Crippen LogP contribution >= 0.6 is 0 Å². The normalized spacial score (nSPS) is 43.4. The number of hydrogen-bond acceptors (Lipinski definition) is 3. The molecule has 2 fully saturated rings. The summed E-state index contributed by atoms with van der Waals surface area (Å²) in [7, 11) is 0. The van der Waals surface area contributed by atoms with Crippen molar-refractivity contribution < 1.29 is 9.84 Å². The van der Waals surface area contributed by atoms with Crippen LogP contribution in [0.15, 0.2) is 0 Å². The fourth-order valence-electron chi connectivity index (χ4n) is 3.39. The van der Waals surface area contributed by atoms with E-state index in [1.54, 1.807) is 0 Å². The molecule has 2 aliphatic heterocycles. The van der Waals surface area contributed by atoms with Crippen LogP contribution in [0.4, 0.5) is 0 Å². The van der Waals surface area contributed by atoms with E-state index in [2.05, 4.69) is 33.0 Å². The maximum Gasteiger partial charge on any atom is 0.0839 e. The molecule has 88 valence electrons. The summed E-state index contributed by atoms with van der Waals surface area (Å²) in [4.78, 5) is 0. The number of hydrogen-bond donors (Lipinski definition) is 2. The predicted octanol–water partition coefficient (Wildman–Crippen LogP) is 1.30. The van der Waals surface area contributed by atoms with E-state index in [9.17, 15) is 5.11 Å². The number of β-amino-alcohol motifs (C(OH)–C–C–N with tert-alkyl or cyclic N) is 1. The van der Waals surface area contributed by atoms with Gasteiger partial charge in [0.15, 0.2) is 0 Å². The lowest BCUT2D eigenvalue weighted by Gasteiger charge is -2.36. The van der Waals surface area contributed by atoms with E-state index in [1.165, 1.54) is 0 Å². The average molecular weight is 213 g/mol. The van der Waals surface area contributed by atoms with Gasteiger partial charge in [-0.25, -0.2) is 0 Å². The summed E-state index contributed by atoms with van der Waals surface area (Å²) in [6.07, 6.45) is 1.79. The summed E-state index contributed by atoms with van der Waals surface area (Å²) < 4.78 is 6.04. The quantitative estimate of drug-likeness (QED) is 0.690. The Hall–Kier alpha value is -0.120. The number of nitrogens with one attached hydrogen (secondary N) is 1. The zero-order valence-electron chi connectivity index (χ0n) is 10.3. The van der Waals surface area contributed by atoms with E-state index in [4.69, 9.17) is 4.74 Å². The SMILES string of the molecule is CC1(C)CC(C2(O)CCNC2)C(C)(C)O1. The molecule has 0 spiro atoms. The lowest BCUT2D eigenvalue weighted by atomic mass is 9.74. The van der Waals surface area contributed by atoms with E-state index < -0.39 is 5.60 Å².